The van der Waals surface area contributed by atoms with Crippen molar-refractivity contribution in [1.82, 2.24) is 19.1 Å². The van der Waals surface area contributed by atoms with Crippen molar-refractivity contribution in [1.29, 1.82) is 0 Å². The molecule has 0 saturated carbocycles. The van der Waals surface area contributed by atoms with Crippen LogP contribution < -0.4 is 4.90 Å². The van der Waals surface area contributed by atoms with Crippen molar-refractivity contribution in [2.75, 3.05) is 4.90 Å². The summed E-state index contributed by atoms with van der Waals surface area (Å²) in [6.45, 7) is 0. The number of anilines is 3. The predicted octanol–water partition coefficient (Wildman–Crippen LogP) is 13.6. The highest BCUT2D eigenvalue weighted by Crippen LogP contribution is 2.50. The number of benzene rings is 8. The second-order valence-corrected chi connectivity index (χ2v) is 15.7. The molecule has 4 aromatic heterocycles. The third kappa shape index (κ3) is 3.98. The van der Waals surface area contributed by atoms with Crippen molar-refractivity contribution in [3.8, 4) is 22.9 Å². The highest BCUT2D eigenvalue weighted by atomic mass is 32.1. The van der Waals surface area contributed by atoms with Gasteiger partial charge in [-0.3, -0.25) is 4.57 Å². The van der Waals surface area contributed by atoms with Gasteiger partial charge in [0, 0.05) is 58.7 Å². The van der Waals surface area contributed by atoms with Gasteiger partial charge < -0.3 is 9.47 Å². The number of rotatable bonds is 3. The molecule has 0 atom stereocenters. The lowest BCUT2D eigenvalue weighted by molar-refractivity contribution is 1.01. The molecule has 0 unspecified atom stereocenters. The molecule has 0 spiro atoms. The Bertz CT molecular complexity index is 3610. The zero-order valence-electron chi connectivity index (χ0n) is 29.9. The van der Waals surface area contributed by atoms with Gasteiger partial charge in [-0.05, 0) is 66.7 Å². The minimum Gasteiger partial charge on any atom is -0.309 e. The largest absolute Gasteiger partial charge is 0.309 e. The van der Waals surface area contributed by atoms with E-state index in [-0.39, 0.29) is 0 Å². The molecule has 0 aliphatic carbocycles. The number of hydrogen-bond donors (Lipinski definition) is 0. The summed E-state index contributed by atoms with van der Waals surface area (Å²) in [6, 6.07) is 63.3. The lowest BCUT2D eigenvalue weighted by atomic mass is 9.96. The van der Waals surface area contributed by atoms with E-state index < -0.39 is 0 Å². The van der Waals surface area contributed by atoms with Gasteiger partial charge in [-0.25, -0.2) is 9.97 Å². The van der Waals surface area contributed by atoms with Crippen LogP contribution in [0.4, 0.5) is 17.1 Å². The molecule has 6 heteroatoms. The molecule has 0 fully saturated rings. The van der Waals surface area contributed by atoms with E-state index >= 15 is 0 Å². The molecule has 0 saturated heterocycles. The number of nitrogens with zero attached hydrogens (tertiary/aromatic N) is 5. The quantitative estimate of drug-likeness (QED) is 0.182. The zero-order valence-corrected chi connectivity index (χ0v) is 30.7. The van der Waals surface area contributed by atoms with Crippen molar-refractivity contribution in [2.24, 2.45) is 0 Å². The van der Waals surface area contributed by atoms with Gasteiger partial charge in [-0.2, -0.15) is 0 Å². The Hall–Kier alpha value is -7.28. The van der Waals surface area contributed by atoms with E-state index in [1.165, 1.54) is 52.8 Å². The molecule has 0 N–H and O–H groups in total. The van der Waals surface area contributed by atoms with Crippen molar-refractivity contribution in [3.63, 3.8) is 0 Å². The Kier molecular flexibility index (Phi) is 5.98. The zero-order chi connectivity index (χ0) is 36.5. The van der Waals surface area contributed by atoms with Crippen LogP contribution in [0.15, 0.2) is 176 Å². The SMILES string of the molecule is c1ccc(N2c3ccccc3-c3nc(-n4c5ccccc5c5c4ccc4c6ccccc6n(-c6ccc7c(c6)sc6ccccc67)c45)nc4cccc2c34)cc1. The fourth-order valence-corrected chi connectivity index (χ4v) is 10.5. The van der Waals surface area contributed by atoms with E-state index in [0.717, 1.165) is 55.9 Å². The minimum atomic E-state index is 0.660. The molecule has 5 nitrogen and oxygen atoms in total. The molecule has 1 aliphatic rings. The van der Waals surface area contributed by atoms with Gasteiger partial charge in [0.25, 0.3) is 0 Å². The maximum absolute atomic E-state index is 5.52. The predicted molar refractivity (Wildman–Crippen MR) is 235 cm³/mol. The summed E-state index contributed by atoms with van der Waals surface area (Å²) in [6.07, 6.45) is 0. The molecule has 0 amide bonds. The number of thiophene rings is 1. The van der Waals surface area contributed by atoms with Crippen LogP contribution in [-0.2, 0) is 0 Å². The monoisotopic (exact) mass is 731 g/mol. The first kappa shape index (κ1) is 30.1. The average Bonchev–Trinajstić information content (AvgIpc) is 3.91. The third-order valence-corrected chi connectivity index (χ3v) is 12.8. The smallest absolute Gasteiger partial charge is 0.235 e. The van der Waals surface area contributed by atoms with Gasteiger partial charge in [0.05, 0.1) is 50.0 Å². The van der Waals surface area contributed by atoms with Crippen LogP contribution in [0.1, 0.15) is 0 Å². The molecule has 12 aromatic rings. The molecule has 260 valence electrons. The van der Waals surface area contributed by atoms with Crippen LogP contribution in [0, 0.1) is 0 Å². The molecular formula is C50H29N5S. The lowest BCUT2D eigenvalue weighted by Crippen LogP contribution is -2.16. The highest BCUT2D eigenvalue weighted by Gasteiger charge is 2.29. The molecule has 8 aromatic carbocycles. The van der Waals surface area contributed by atoms with Crippen LogP contribution in [-0.4, -0.2) is 19.1 Å². The van der Waals surface area contributed by atoms with E-state index in [9.17, 15) is 0 Å². The Morgan fingerprint density at radius 1 is 0.411 bits per heavy atom. The van der Waals surface area contributed by atoms with Gasteiger partial charge >= 0.3 is 0 Å². The van der Waals surface area contributed by atoms with E-state index in [0.29, 0.717) is 5.95 Å². The van der Waals surface area contributed by atoms with Gasteiger partial charge in [0.1, 0.15) is 0 Å². The maximum Gasteiger partial charge on any atom is 0.235 e. The van der Waals surface area contributed by atoms with E-state index in [2.05, 4.69) is 190 Å². The van der Waals surface area contributed by atoms with Crippen molar-refractivity contribution in [2.45, 2.75) is 0 Å². The summed E-state index contributed by atoms with van der Waals surface area (Å²) >= 11 is 1.86. The first-order chi connectivity index (χ1) is 27.8. The lowest BCUT2D eigenvalue weighted by Gasteiger charge is -2.32. The topological polar surface area (TPSA) is 38.9 Å². The Morgan fingerprint density at radius 3 is 2.00 bits per heavy atom. The molecule has 0 bridgehead atoms. The van der Waals surface area contributed by atoms with Crippen molar-refractivity contribution < 1.29 is 0 Å². The first-order valence-electron chi connectivity index (χ1n) is 18.9. The molecule has 1 aliphatic heterocycles. The first-order valence-corrected chi connectivity index (χ1v) is 19.7. The van der Waals surface area contributed by atoms with E-state index in [4.69, 9.17) is 9.97 Å². The molecular weight excluding hydrogens is 703 g/mol. The summed E-state index contributed by atoms with van der Waals surface area (Å²) in [7, 11) is 0. The van der Waals surface area contributed by atoms with E-state index in [1.54, 1.807) is 0 Å². The molecule has 0 radical (unpaired) electrons. The summed E-state index contributed by atoms with van der Waals surface area (Å²) in [5.41, 5.74) is 11.9. The van der Waals surface area contributed by atoms with Crippen molar-refractivity contribution in [3.05, 3.63) is 176 Å². The minimum absolute atomic E-state index is 0.660. The number of fused-ring (bicyclic) bond motifs is 12. The summed E-state index contributed by atoms with van der Waals surface area (Å²) < 4.78 is 7.34. The van der Waals surface area contributed by atoms with Gasteiger partial charge in [-0.15, -0.1) is 11.3 Å². The summed E-state index contributed by atoms with van der Waals surface area (Å²) in [5.74, 6) is 0.660. The van der Waals surface area contributed by atoms with Crippen LogP contribution in [0.2, 0.25) is 0 Å². The third-order valence-electron chi connectivity index (χ3n) is 11.6. The van der Waals surface area contributed by atoms with Gasteiger partial charge in [0.15, 0.2) is 0 Å². The van der Waals surface area contributed by atoms with Crippen LogP contribution in [0.5, 0.6) is 0 Å². The average molecular weight is 732 g/mol. The van der Waals surface area contributed by atoms with E-state index in [1.807, 2.05) is 11.3 Å². The second-order valence-electron chi connectivity index (χ2n) is 14.6. The van der Waals surface area contributed by atoms with Gasteiger partial charge in [0.2, 0.25) is 5.95 Å². The summed E-state index contributed by atoms with van der Waals surface area (Å²) in [4.78, 5) is 13.3. The van der Waals surface area contributed by atoms with Crippen LogP contribution >= 0.6 is 11.3 Å². The molecule has 5 heterocycles. The number of aromatic nitrogens is 4. The Balaban J connectivity index is 1.12. The van der Waals surface area contributed by atoms with Gasteiger partial charge in [-0.1, -0.05) is 109 Å². The van der Waals surface area contributed by atoms with Crippen LogP contribution in [0.3, 0.4) is 0 Å². The summed E-state index contributed by atoms with van der Waals surface area (Å²) in [5, 5.41) is 8.47. The molecule has 13 rings (SSSR count). The fourth-order valence-electron chi connectivity index (χ4n) is 9.33. The Labute approximate surface area is 324 Å². The van der Waals surface area contributed by atoms with Crippen molar-refractivity contribution >= 4 is 103 Å². The Morgan fingerprint density at radius 2 is 1.11 bits per heavy atom. The number of hydrogen-bond acceptors (Lipinski definition) is 4. The second kappa shape index (κ2) is 11.1. The highest BCUT2D eigenvalue weighted by molar-refractivity contribution is 7.25. The maximum atomic E-state index is 5.52. The molecule has 56 heavy (non-hydrogen) atoms. The standard InChI is InChI=1S/C50H29N5S/c1-2-13-30(14-3-1)53-41-22-10-6-18-37(41)48-47-38(19-12-23-42(47)53)51-50(52-48)55-40-21-9-5-17-36(40)46-43(55)28-27-35-32-15-4-8-20-39(32)54(49(35)46)31-25-26-34-33-16-7-11-24-44(33)56-45(34)29-31/h1-29H. The fraction of sp³-hybridized carbons (Fsp3) is 0. The normalized spacial score (nSPS) is 12.6. The van der Waals surface area contributed by atoms with Crippen LogP contribution in [0.25, 0.3) is 97.6 Å². The number of para-hydroxylation sites is 4.